The van der Waals surface area contributed by atoms with Gasteiger partial charge in [0.25, 0.3) is 0 Å². The van der Waals surface area contributed by atoms with Crippen molar-refractivity contribution in [1.82, 2.24) is 4.90 Å². The summed E-state index contributed by atoms with van der Waals surface area (Å²) >= 11 is 0. The summed E-state index contributed by atoms with van der Waals surface area (Å²) in [6.07, 6.45) is -0.468. The molecule has 1 amide bonds. The molecule has 0 bridgehead atoms. The van der Waals surface area contributed by atoms with Gasteiger partial charge in [-0.1, -0.05) is 6.58 Å². The Labute approximate surface area is 130 Å². The van der Waals surface area contributed by atoms with Crippen LogP contribution in [0.2, 0.25) is 0 Å². The van der Waals surface area contributed by atoms with Gasteiger partial charge in [0, 0.05) is 11.1 Å². The van der Waals surface area contributed by atoms with Gasteiger partial charge in [-0.25, -0.2) is 9.18 Å². The van der Waals surface area contributed by atoms with Gasteiger partial charge >= 0.3 is 6.09 Å². The highest BCUT2D eigenvalue weighted by molar-refractivity contribution is 5.71. The number of carbonyl (C=O) groups is 1. The molecule has 0 fully saturated rings. The standard InChI is InChI=1S/C17H22FNO3/c1-11(2)12-6-7-14(18)13-10-19(8-9-21-15(12)13)16(20)22-17(3,4)5/h6-7H,1,8-10H2,2-5H3. The predicted octanol–water partition coefficient (Wildman–Crippen LogP) is 3.99. The predicted molar refractivity (Wildman–Crippen MR) is 83.2 cm³/mol. The molecule has 1 aliphatic heterocycles. The lowest BCUT2D eigenvalue weighted by molar-refractivity contribution is 0.0224. The summed E-state index contributed by atoms with van der Waals surface area (Å²) in [5.74, 6) is 0.0778. The highest BCUT2D eigenvalue weighted by Gasteiger charge is 2.27. The van der Waals surface area contributed by atoms with Crippen LogP contribution in [0.3, 0.4) is 0 Å². The number of hydrogen-bond donors (Lipinski definition) is 0. The van der Waals surface area contributed by atoms with Crippen molar-refractivity contribution < 1.29 is 18.7 Å². The van der Waals surface area contributed by atoms with Crippen molar-refractivity contribution >= 4 is 11.7 Å². The average Bonchev–Trinajstić information content (AvgIpc) is 2.60. The minimum atomic E-state index is -0.592. The van der Waals surface area contributed by atoms with Gasteiger partial charge in [0.15, 0.2) is 0 Å². The molecule has 0 atom stereocenters. The van der Waals surface area contributed by atoms with Crippen LogP contribution in [-0.4, -0.2) is 29.7 Å². The Morgan fingerprint density at radius 1 is 1.41 bits per heavy atom. The molecular weight excluding hydrogens is 285 g/mol. The van der Waals surface area contributed by atoms with Gasteiger partial charge in [0.2, 0.25) is 0 Å². The number of nitrogens with zero attached hydrogens (tertiary/aromatic N) is 1. The maximum Gasteiger partial charge on any atom is 0.410 e. The van der Waals surface area contributed by atoms with Gasteiger partial charge < -0.3 is 14.4 Å². The highest BCUT2D eigenvalue weighted by Crippen LogP contribution is 2.33. The summed E-state index contributed by atoms with van der Waals surface area (Å²) in [5, 5.41) is 0. The Kier molecular flexibility index (Phi) is 4.44. The second kappa shape index (κ2) is 5.99. The molecular formula is C17H22FNO3. The monoisotopic (exact) mass is 307 g/mol. The Hall–Kier alpha value is -2.04. The van der Waals surface area contributed by atoms with Crippen molar-refractivity contribution in [1.29, 1.82) is 0 Å². The van der Waals surface area contributed by atoms with E-state index in [0.29, 0.717) is 17.9 Å². The maximum absolute atomic E-state index is 14.2. The first-order valence-corrected chi connectivity index (χ1v) is 7.27. The van der Waals surface area contributed by atoms with E-state index < -0.39 is 17.5 Å². The largest absolute Gasteiger partial charge is 0.491 e. The van der Waals surface area contributed by atoms with Crippen molar-refractivity contribution in [3.8, 4) is 5.75 Å². The highest BCUT2D eigenvalue weighted by atomic mass is 19.1. The van der Waals surface area contributed by atoms with E-state index >= 15 is 0 Å². The zero-order chi connectivity index (χ0) is 16.5. The maximum atomic E-state index is 14.2. The summed E-state index contributed by atoms with van der Waals surface area (Å²) in [6, 6.07) is 3.03. The van der Waals surface area contributed by atoms with Gasteiger partial charge in [-0.05, 0) is 45.4 Å². The molecule has 0 unspecified atom stereocenters. The first-order chi connectivity index (χ1) is 10.2. The van der Waals surface area contributed by atoms with Gasteiger partial charge in [-0.3, -0.25) is 0 Å². The van der Waals surface area contributed by atoms with E-state index in [4.69, 9.17) is 9.47 Å². The Bertz CT molecular complexity index is 605. The number of carbonyl (C=O) groups excluding carboxylic acids is 1. The van der Waals surface area contributed by atoms with Crippen LogP contribution in [0.4, 0.5) is 9.18 Å². The molecule has 5 heteroatoms. The first-order valence-electron chi connectivity index (χ1n) is 7.27. The number of rotatable bonds is 1. The summed E-state index contributed by atoms with van der Waals surface area (Å²) in [4.78, 5) is 13.7. The lowest BCUT2D eigenvalue weighted by Crippen LogP contribution is -2.37. The van der Waals surface area contributed by atoms with Gasteiger partial charge in [0.1, 0.15) is 23.8 Å². The minimum absolute atomic E-state index is 0.122. The van der Waals surface area contributed by atoms with E-state index in [1.54, 1.807) is 26.8 Å². The number of fused-ring (bicyclic) bond motifs is 1. The fraction of sp³-hybridized carbons (Fsp3) is 0.471. The van der Waals surface area contributed by atoms with E-state index in [0.717, 1.165) is 11.1 Å². The summed E-state index contributed by atoms with van der Waals surface area (Å²) < 4.78 is 25.2. The lowest BCUT2D eigenvalue weighted by atomic mass is 10.0. The normalized spacial score (nSPS) is 14.7. The summed E-state index contributed by atoms with van der Waals surface area (Å²) in [6.45, 7) is 11.9. The number of halogens is 1. The lowest BCUT2D eigenvalue weighted by Gasteiger charge is -2.26. The van der Waals surface area contributed by atoms with Crippen LogP contribution in [0.15, 0.2) is 18.7 Å². The van der Waals surface area contributed by atoms with E-state index in [2.05, 4.69) is 6.58 Å². The molecule has 0 saturated heterocycles. The minimum Gasteiger partial charge on any atom is -0.491 e. The number of benzene rings is 1. The molecule has 1 aromatic carbocycles. The van der Waals surface area contributed by atoms with Crippen molar-refractivity contribution in [2.24, 2.45) is 0 Å². The number of hydrogen-bond acceptors (Lipinski definition) is 3. The van der Waals surface area contributed by atoms with Gasteiger partial charge in [-0.2, -0.15) is 0 Å². The van der Waals surface area contributed by atoms with E-state index in [1.165, 1.54) is 11.0 Å². The van der Waals surface area contributed by atoms with Crippen molar-refractivity contribution in [2.75, 3.05) is 13.2 Å². The van der Waals surface area contributed by atoms with Crippen LogP contribution in [0, 0.1) is 5.82 Å². The molecule has 1 heterocycles. The van der Waals surface area contributed by atoms with Gasteiger partial charge in [-0.15, -0.1) is 0 Å². The number of ether oxygens (including phenoxy) is 2. The third kappa shape index (κ3) is 3.59. The molecule has 0 N–H and O–H groups in total. The zero-order valence-corrected chi connectivity index (χ0v) is 13.5. The smallest absolute Gasteiger partial charge is 0.410 e. The molecule has 0 aromatic heterocycles. The molecule has 2 rings (SSSR count). The molecule has 1 aliphatic rings. The molecule has 1 aromatic rings. The fourth-order valence-electron chi connectivity index (χ4n) is 2.26. The topological polar surface area (TPSA) is 38.8 Å². The van der Waals surface area contributed by atoms with E-state index in [-0.39, 0.29) is 13.2 Å². The first kappa shape index (κ1) is 16.3. The summed E-state index contributed by atoms with van der Waals surface area (Å²) in [7, 11) is 0. The van der Waals surface area contributed by atoms with Crippen molar-refractivity contribution in [3.05, 3.63) is 35.7 Å². The molecule has 0 radical (unpaired) electrons. The van der Waals surface area contributed by atoms with Crippen LogP contribution < -0.4 is 4.74 Å². The van der Waals surface area contributed by atoms with Crippen LogP contribution in [0.25, 0.3) is 5.57 Å². The summed E-state index contributed by atoms with van der Waals surface area (Å²) in [5.41, 5.74) is 1.33. The molecule has 4 nitrogen and oxygen atoms in total. The molecule has 0 aliphatic carbocycles. The molecule has 120 valence electrons. The van der Waals surface area contributed by atoms with Crippen LogP contribution in [0.1, 0.15) is 38.8 Å². The average molecular weight is 307 g/mol. The van der Waals surface area contributed by atoms with Crippen LogP contribution in [-0.2, 0) is 11.3 Å². The number of amides is 1. The molecule has 0 spiro atoms. The Morgan fingerprint density at radius 3 is 2.68 bits per heavy atom. The third-order valence-corrected chi connectivity index (χ3v) is 3.27. The van der Waals surface area contributed by atoms with Crippen LogP contribution >= 0.6 is 0 Å². The number of allylic oxidation sites excluding steroid dienone is 1. The van der Waals surface area contributed by atoms with E-state index in [9.17, 15) is 9.18 Å². The quantitative estimate of drug-likeness (QED) is 0.787. The third-order valence-electron chi connectivity index (χ3n) is 3.27. The Morgan fingerprint density at radius 2 is 2.09 bits per heavy atom. The van der Waals surface area contributed by atoms with Crippen molar-refractivity contribution in [2.45, 2.75) is 39.8 Å². The SMILES string of the molecule is C=C(C)c1ccc(F)c2c1OCCN(C(=O)OC(C)(C)C)C2. The second-order valence-corrected chi connectivity index (χ2v) is 6.43. The van der Waals surface area contributed by atoms with Crippen LogP contribution in [0.5, 0.6) is 5.75 Å². The molecule has 22 heavy (non-hydrogen) atoms. The second-order valence-electron chi connectivity index (χ2n) is 6.43. The fourth-order valence-corrected chi connectivity index (χ4v) is 2.26. The van der Waals surface area contributed by atoms with Gasteiger partial charge in [0.05, 0.1) is 13.1 Å². The Balaban J connectivity index is 2.32. The van der Waals surface area contributed by atoms with E-state index in [1.807, 2.05) is 6.92 Å². The zero-order valence-electron chi connectivity index (χ0n) is 13.5. The molecule has 0 saturated carbocycles. The van der Waals surface area contributed by atoms with Crippen molar-refractivity contribution in [3.63, 3.8) is 0 Å².